The van der Waals surface area contributed by atoms with E-state index in [4.69, 9.17) is 14.6 Å². The Balaban J connectivity index is 1.20. The molecule has 34 heavy (non-hydrogen) atoms. The third-order valence-electron chi connectivity index (χ3n) is 5.99. The molecule has 0 radical (unpaired) electrons. The van der Waals surface area contributed by atoms with Gasteiger partial charge in [0.15, 0.2) is 5.13 Å². The molecule has 0 bridgehead atoms. The minimum Gasteiger partial charge on any atom is -0.497 e. The molecular weight excluding hydrogens is 452 g/mol. The quantitative estimate of drug-likeness (QED) is 0.359. The molecule has 0 saturated heterocycles. The number of hydrogen-bond donors (Lipinski definition) is 2. The highest BCUT2D eigenvalue weighted by atomic mass is 32.1. The van der Waals surface area contributed by atoms with Crippen LogP contribution in [0, 0.1) is 5.92 Å². The summed E-state index contributed by atoms with van der Waals surface area (Å²) in [6.45, 7) is 0. The zero-order valence-electron chi connectivity index (χ0n) is 18.6. The van der Waals surface area contributed by atoms with Gasteiger partial charge in [-0.3, -0.25) is 4.79 Å². The van der Waals surface area contributed by atoms with Gasteiger partial charge in [-0.1, -0.05) is 23.5 Å². The highest BCUT2D eigenvalue weighted by molar-refractivity contribution is 7.22. The molecule has 0 atom stereocenters. The topological polar surface area (TPSA) is 106 Å². The lowest BCUT2D eigenvalue weighted by molar-refractivity contribution is -0.143. The number of carboxylic acids is 1. The Kier molecular flexibility index (Phi) is 6.27. The van der Waals surface area contributed by atoms with Crippen molar-refractivity contribution in [2.45, 2.75) is 31.8 Å². The molecule has 174 valence electrons. The molecule has 1 fully saturated rings. The average Bonchev–Trinajstić information content (AvgIpc) is 3.27. The number of nitrogens with one attached hydrogen (secondary N) is 1. The predicted molar refractivity (Wildman–Crippen MR) is 131 cm³/mol. The van der Waals surface area contributed by atoms with Crippen LogP contribution in [0.15, 0.2) is 54.9 Å². The number of aliphatic carboxylic acids is 1. The summed E-state index contributed by atoms with van der Waals surface area (Å²) in [6.07, 6.45) is 6.13. The summed E-state index contributed by atoms with van der Waals surface area (Å²) in [6, 6.07) is 14.2. The average molecular weight is 477 g/mol. The van der Waals surface area contributed by atoms with Gasteiger partial charge in [-0.2, -0.15) is 0 Å². The molecule has 0 amide bonds. The number of rotatable bonds is 7. The van der Waals surface area contributed by atoms with Crippen molar-refractivity contribution in [2.75, 3.05) is 12.4 Å². The Labute approximate surface area is 200 Å². The molecule has 4 aromatic rings. The van der Waals surface area contributed by atoms with E-state index in [2.05, 4.69) is 20.3 Å². The molecule has 9 heteroatoms. The molecule has 1 aliphatic carbocycles. The summed E-state index contributed by atoms with van der Waals surface area (Å²) in [5.41, 5.74) is 3.75. The molecule has 0 unspecified atom stereocenters. The van der Waals surface area contributed by atoms with E-state index in [0.717, 1.165) is 37.9 Å². The molecule has 8 nitrogen and oxygen atoms in total. The number of benzene rings is 2. The van der Waals surface area contributed by atoms with Crippen molar-refractivity contribution in [1.29, 1.82) is 0 Å². The Hall–Kier alpha value is -3.72. The van der Waals surface area contributed by atoms with Gasteiger partial charge in [-0.25, -0.2) is 15.0 Å². The third kappa shape index (κ3) is 4.94. The highest BCUT2D eigenvalue weighted by Crippen LogP contribution is 2.32. The number of thiazole rings is 1. The van der Waals surface area contributed by atoms with Crippen LogP contribution in [-0.4, -0.2) is 39.2 Å². The Bertz CT molecular complexity index is 1280. The molecule has 0 spiro atoms. The zero-order valence-corrected chi connectivity index (χ0v) is 19.4. The minimum atomic E-state index is -0.721. The monoisotopic (exact) mass is 476 g/mol. The number of aromatic nitrogens is 3. The molecule has 2 aromatic carbocycles. The van der Waals surface area contributed by atoms with Gasteiger partial charge < -0.3 is 19.9 Å². The fourth-order valence-corrected chi connectivity index (χ4v) is 4.97. The van der Waals surface area contributed by atoms with E-state index in [1.807, 2.05) is 42.5 Å². The van der Waals surface area contributed by atoms with Crippen LogP contribution in [-0.2, 0) is 4.79 Å². The molecule has 1 aliphatic rings. The molecule has 0 aliphatic heterocycles. The first-order chi connectivity index (χ1) is 16.6. The molecular formula is C25H24N4O4S. The maximum atomic E-state index is 11.1. The summed E-state index contributed by atoms with van der Waals surface area (Å²) in [7, 11) is 1.66. The lowest BCUT2D eigenvalue weighted by Crippen LogP contribution is -2.28. The highest BCUT2D eigenvalue weighted by Gasteiger charge is 2.27. The van der Waals surface area contributed by atoms with Crippen LogP contribution in [0.4, 0.5) is 10.8 Å². The lowest BCUT2D eigenvalue weighted by Gasteiger charge is -2.25. The van der Waals surface area contributed by atoms with Crippen LogP contribution >= 0.6 is 11.3 Å². The predicted octanol–water partition coefficient (Wildman–Crippen LogP) is 5.53. The minimum absolute atomic E-state index is 0.0320. The summed E-state index contributed by atoms with van der Waals surface area (Å²) in [5.74, 6) is -0.170. The van der Waals surface area contributed by atoms with Crippen LogP contribution in [0.3, 0.4) is 0 Å². The zero-order chi connectivity index (χ0) is 23.5. The fourth-order valence-electron chi connectivity index (χ4n) is 4.06. The number of ether oxygens (including phenoxy) is 2. The van der Waals surface area contributed by atoms with Gasteiger partial charge in [0.05, 0.1) is 23.2 Å². The van der Waals surface area contributed by atoms with Crippen molar-refractivity contribution >= 4 is 38.3 Å². The van der Waals surface area contributed by atoms with Crippen LogP contribution in [0.2, 0.25) is 0 Å². The number of nitrogens with zero attached hydrogens (tertiary/aromatic N) is 3. The first kappa shape index (κ1) is 22.1. The van der Waals surface area contributed by atoms with E-state index in [1.165, 1.54) is 0 Å². The van der Waals surface area contributed by atoms with Gasteiger partial charge in [0.25, 0.3) is 0 Å². The van der Waals surface area contributed by atoms with Crippen molar-refractivity contribution in [3.8, 4) is 22.9 Å². The van der Waals surface area contributed by atoms with Crippen molar-refractivity contribution in [3.05, 3.63) is 54.9 Å². The van der Waals surface area contributed by atoms with E-state index >= 15 is 0 Å². The second kappa shape index (κ2) is 9.64. The van der Waals surface area contributed by atoms with Crippen LogP contribution in [0.5, 0.6) is 11.8 Å². The number of anilines is 2. The van der Waals surface area contributed by atoms with Crippen LogP contribution in [0.25, 0.3) is 21.3 Å². The fraction of sp³-hybridized carbons (Fsp3) is 0.280. The van der Waals surface area contributed by atoms with E-state index in [9.17, 15) is 4.79 Å². The van der Waals surface area contributed by atoms with Crippen molar-refractivity contribution in [2.24, 2.45) is 5.92 Å². The standard InChI is InChI=1S/C25H24N4O4S/c1-32-20-10-11-21-22(12-20)34-25(29-21)28-18-6-2-15(3-7-18)17-13-26-24(27-14-17)33-19-8-4-16(5-9-19)23(30)31/h2-3,6-7,10-14,16,19H,4-5,8-9H2,1H3,(H,28,29)(H,30,31). The summed E-state index contributed by atoms with van der Waals surface area (Å²) in [5, 5.41) is 13.3. The van der Waals surface area contributed by atoms with Gasteiger partial charge in [-0.15, -0.1) is 0 Å². The number of carboxylic acid groups (broad SMARTS) is 1. The maximum Gasteiger partial charge on any atom is 0.316 e. The van der Waals surface area contributed by atoms with Crippen molar-refractivity contribution in [1.82, 2.24) is 15.0 Å². The molecule has 5 rings (SSSR count). The number of fused-ring (bicyclic) bond motifs is 1. The van der Waals surface area contributed by atoms with Gasteiger partial charge >= 0.3 is 12.0 Å². The van der Waals surface area contributed by atoms with Gasteiger partial charge in [0.2, 0.25) is 0 Å². The Morgan fingerprint density at radius 3 is 2.44 bits per heavy atom. The second-order valence-corrected chi connectivity index (χ2v) is 9.27. The largest absolute Gasteiger partial charge is 0.497 e. The number of methoxy groups -OCH3 is 1. The summed E-state index contributed by atoms with van der Waals surface area (Å²) in [4.78, 5) is 24.4. The molecule has 2 aromatic heterocycles. The van der Waals surface area contributed by atoms with E-state index < -0.39 is 5.97 Å². The SMILES string of the molecule is COc1ccc2nc(Nc3ccc(-c4cnc(OC5CCC(C(=O)O)CC5)nc4)cc3)sc2c1. The van der Waals surface area contributed by atoms with Gasteiger partial charge in [0, 0.05) is 23.6 Å². The van der Waals surface area contributed by atoms with Crippen molar-refractivity contribution in [3.63, 3.8) is 0 Å². The van der Waals surface area contributed by atoms with Gasteiger partial charge in [-0.05, 0) is 61.6 Å². The maximum absolute atomic E-state index is 11.1. The number of hydrogen-bond acceptors (Lipinski definition) is 8. The normalized spacial score (nSPS) is 17.9. The lowest BCUT2D eigenvalue weighted by atomic mass is 9.87. The van der Waals surface area contributed by atoms with E-state index in [0.29, 0.717) is 31.7 Å². The van der Waals surface area contributed by atoms with Crippen molar-refractivity contribution < 1.29 is 19.4 Å². The second-order valence-electron chi connectivity index (χ2n) is 8.24. The van der Waals surface area contributed by atoms with Gasteiger partial charge in [0.1, 0.15) is 11.9 Å². The van der Waals surface area contributed by atoms with Crippen LogP contribution in [0.1, 0.15) is 25.7 Å². The van der Waals surface area contributed by atoms with E-state index in [1.54, 1.807) is 30.8 Å². The number of carbonyl (C=O) groups is 1. The molecule has 1 saturated carbocycles. The summed E-state index contributed by atoms with van der Waals surface area (Å²) >= 11 is 1.57. The first-order valence-corrected chi connectivity index (χ1v) is 11.9. The Morgan fingerprint density at radius 1 is 1.03 bits per heavy atom. The van der Waals surface area contributed by atoms with E-state index in [-0.39, 0.29) is 12.0 Å². The molecule has 2 heterocycles. The smallest absolute Gasteiger partial charge is 0.316 e. The third-order valence-corrected chi connectivity index (χ3v) is 6.92. The summed E-state index contributed by atoms with van der Waals surface area (Å²) < 4.78 is 12.2. The van der Waals surface area contributed by atoms with Crippen LogP contribution < -0.4 is 14.8 Å². The molecule has 2 N–H and O–H groups in total. The first-order valence-electron chi connectivity index (χ1n) is 11.1. The Morgan fingerprint density at radius 2 is 1.76 bits per heavy atom.